The van der Waals surface area contributed by atoms with Gasteiger partial charge in [-0.3, -0.25) is 0 Å². The number of aliphatic hydroxyl groups is 5. The summed E-state index contributed by atoms with van der Waals surface area (Å²) < 4.78 is 0. The molecule has 0 aromatic rings. The van der Waals surface area contributed by atoms with Crippen LogP contribution < -0.4 is 0 Å². The Morgan fingerprint density at radius 2 is 1.20 bits per heavy atom. The van der Waals surface area contributed by atoms with Crippen molar-refractivity contribution in [1.29, 1.82) is 0 Å². The monoisotopic (exact) mass is 422 g/mol. The molecule has 7 nitrogen and oxygen atoms in total. The van der Waals surface area contributed by atoms with Crippen molar-refractivity contribution in [3.63, 3.8) is 0 Å². The molecule has 0 fully saturated rings. The molecule has 20 heavy (non-hydrogen) atoms. The van der Waals surface area contributed by atoms with Crippen molar-refractivity contribution in [1.82, 2.24) is 0 Å². The molecule has 0 rings (SSSR count). The number of carbonyl (C=O) groups excluding carboxylic acids is 1. The molecular formula is C6H23CaCl3MgNa2O7. The Morgan fingerprint density at radius 3 is 1.40 bits per heavy atom. The number of carbonyl (C=O) groups is 1. The van der Waals surface area contributed by atoms with Gasteiger partial charge in [0.15, 0.2) is 6.29 Å². The molecule has 7 N–H and O–H groups in total. The molecule has 0 aliphatic heterocycles. The summed E-state index contributed by atoms with van der Waals surface area (Å²) in [6.07, 6.45) is -6.84. The first-order valence-electron chi connectivity index (χ1n) is 3.33. The average Bonchev–Trinajstić information content (AvgIpc) is 2.12. The van der Waals surface area contributed by atoms with Crippen LogP contribution in [-0.4, -0.2) is 188 Å². The molecule has 0 spiro atoms. The van der Waals surface area contributed by atoms with Gasteiger partial charge in [-0.05, 0) is 0 Å². The van der Waals surface area contributed by atoms with E-state index in [9.17, 15) is 4.79 Å². The fourth-order valence-electron chi connectivity index (χ4n) is 0.618. The predicted molar refractivity (Wildman–Crippen MR) is 93.9 cm³/mol. The second kappa shape index (κ2) is 34.6. The van der Waals surface area contributed by atoms with Crippen LogP contribution in [-0.2, 0) is 4.79 Å². The zero-order chi connectivity index (χ0) is 9.72. The zero-order valence-electron chi connectivity index (χ0n) is 7.96. The number of aliphatic hydroxyl groups excluding tert-OH is 5. The van der Waals surface area contributed by atoms with Crippen molar-refractivity contribution in [2.24, 2.45) is 0 Å². The maximum atomic E-state index is 9.90. The standard InChI is InChI=1S/C6H12O6.Ca.3ClH.Mg.2Na.H2O.6H/c7-1-3(9)5(11)6(12)4(10)2-8;;;;;;;;;;;;;;/h1,3-6,8-12H,2H2;;3*1H;;;;1H2;;;;;;. The number of halogens is 3. The summed E-state index contributed by atoms with van der Waals surface area (Å²) in [7, 11) is 0. The van der Waals surface area contributed by atoms with Crippen molar-refractivity contribution >= 4 is 163 Å². The van der Waals surface area contributed by atoms with E-state index in [0.717, 1.165) is 0 Å². The molecule has 0 aromatic heterocycles. The van der Waals surface area contributed by atoms with Crippen LogP contribution in [0.25, 0.3) is 0 Å². The molecule has 0 heterocycles. The van der Waals surface area contributed by atoms with Crippen LogP contribution in [0.4, 0.5) is 0 Å². The van der Waals surface area contributed by atoms with Gasteiger partial charge in [0.05, 0.1) is 6.61 Å². The molecule has 4 atom stereocenters. The molecule has 0 amide bonds. The van der Waals surface area contributed by atoms with Crippen LogP contribution in [0.2, 0.25) is 0 Å². The van der Waals surface area contributed by atoms with Crippen LogP contribution in [0, 0.1) is 0 Å². The number of aldehydes is 1. The zero-order valence-corrected chi connectivity index (χ0v) is 10.4. The summed E-state index contributed by atoms with van der Waals surface area (Å²) in [4.78, 5) is 9.90. The molecule has 0 radical (unpaired) electrons. The van der Waals surface area contributed by atoms with Crippen molar-refractivity contribution in [2.45, 2.75) is 24.4 Å². The van der Waals surface area contributed by atoms with Crippen LogP contribution in [0.3, 0.4) is 0 Å². The summed E-state index contributed by atoms with van der Waals surface area (Å²) in [6, 6.07) is 0. The van der Waals surface area contributed by atoms with E-state index in [0.29, 0.717) is 0 Å². The SMILES string of the molecule is Cl.Cl.Cl.O.O=CC(O)C(O)C(O)C(O)CO.[CaH2].[MgH2].[NaH].[NaH]. The van der Waals surface area contributed by atoms with Crippen molar-refractivity contribution < 1.29 is 35.8 Å². The number of rotatable bonds is 5. The second-order valence-electron chi connectivity index (χ2n) is 2.36. The van der Waals surface area contributed by atoms with Crippen molar-refractivity contribution in [3.05, 3.63) is 0 Å². The van der Waals surface area contributed by atoms with E-state index in [1.165, 1.54) is 0 Å². The third kappa shape index (κ3) is 24.6. The Bertz CT molecular complexity index is 171. The normalized spacial score (nSPS) is 12.7. The van der Waals surface area contributed by atoms with Crippen molar-refractivity contribution in [2.75, 3.05) is 6.61 Å². The molecule has 0 aliphatic rings. The Hall–Kier alpha value is 4.33. The summed E-state index contributed by atoms with van der Waals surface area (Å²) in [5.74, 6) is 0. The molecule has 0 aliphatic carbocycles. The predicted octanol–water partition coefficient (Wildman–Crippen LogP) is -6.07. The van der Waals surface area contributed by atoms with Gasteiger partial charge in [-0.15, -0.1) is 37.2 Å². The third-order valence-electron chi connectivity index (χ3n) is 1.42. The Balaban J connectivity index is -0.0000000216. The molecule has 0 saturated carbocycles. The van der Waals surface area contributed by atoms with Crippen LogP contribution >= 0.6 is 37.2 Å². The van der Waals surface area contributed by atoms with Gasteiger partial charge < -0.3 is 35.8 Å². The molecule has 0 saturated heterocycles. The first kappa shape index (κ1) is 56.3. The second-order valence-corrected chi connectivity index (χ2v) is 2.36. The fraction of sp³-hybridized carbons (Fsp3) is 0.833. The van der Waals surface area contributed by atoms with E-state index in [1.807, 2.05) is 0 Å². The van der Waals surface area contributed by atoms with Gasteiger partial charge in [-0.2, -0.15) is 0 Å². The van der Waals surface area contributed by atoms with E-state index in [1.54, 1.807) is 0 Å². The molecule has 0 bridgehead atoms. The summed E-state index contributed by atoms with van der Waals surface area (Å²) in [6.45, 7) is -0.760. The molecule has 116 valence electrons. The van der Waals surface area contributed by atoms with Crippen LogP contribution in [0.15, 0.2) is 0 Å². The van der Waals surface area contributed by atoms with Crippen LogP contribution in [0.5, 0.6) is 0 Å². The van der Waals surface area contributed by atoms with Gasteiger partial charge in [0, 0.05) is 0 Å². The summed E-state index contributed by atoms with van der Waals surface area (Å²) in [5, 5.41) is 43.5. The number of hydrogen-bond donors (Lipinski definition) is 5. The van der Waals surface area contributed by atoms with E-state index >= 15 is 0 Å². The van der Waals surface area contributed by atoms with E-state index in [4.69, 9.17) is 25.5 Å². The van der Waals surface area contributed by atoms with Gasteiger partial charge in [0.25, 0.3) is 0 Å². The van der Waals surface area contributed by atoms with Gasteiger partial charge in [0.2, 0.25) is 0 Å². The Morgan fingerprint density at radius 1 is 0.900 bits per heavy atom. The van der Waals surface area contributed by atoms with Gasteiger partial charge >= 0.3 is 120 Å². The summed E-state index contributed by atoms with van der Waals surface area (Å²) >= 11 is 0. The van der Waals surface area contributed by atoms with E-state index < -0.39 is 31.0 Å². The van der Waals surface area contributed by atoms with Crippen LogP contribution in [0.1, 0.15) is 0 Å². The Kier molecular flexibility index (Phi) is 97.5. The molecule has 4 unspecified atom stereocenters. The van der Waals surface area contributed by atoms with Gasteiger partial charge in [-0.25, -0.2) is 0 Å². The topological polar surface area (TPSA) is 150 Å². The maximum absolute atomic E-state index is 9.90. The summed E-state index contributed by atoms with van der Waals surface area (Å²) in [5.41, 5.74) is 0. The number of hydrogen-bond acceptors (Lipinski definition) is 6. The Labute approximate surface area is 226 Å². The quantitative estimate of drug-likeness (QED) is 0.219. The molecule has 0 aromatic carbocycles. The van der Waals surface area contributed by atoms with Crippen molar-refractivity contribution in [3.8, 4) is 0 Å². The molecule has 14 heteroatoms. The molecular weight excluding hydrogens is 401 g/mol. The van der Waals surface area contributed by atoms with E-state index in [2.05, 4.69) is 0 Å². The minimum atomic E-state index is -1.79. The third-order valence-corrected chi connectivity index (χ3v) is 1.42. The minimum absolute atomic E-state index is 0. The average molecular weight is 424 g/mol. The fourth-order valence-corrected chi connectivity index (χ4v) is 0.618. The first-order chi connectivity index (χ1) is 5.54. The van der Waals surface area contributed by atoms with Gasteiger partial charge in [0.1, 0.15) is 24.4 Å². The van der Waals surface area contributed by atoms with E-state index in [-0.39, 0.29) is 169 Å². The first-order valence-corrected chi connectivity index (χ1v) is 3.33. The van der Waals surface area contributed by atoms with Gasteiger partial charge in [-0.1, -0.05) is 0 Å².